The van der Waals surface area contributed by atoms with E-state index in [1.165, 1.54) is 0 Å². The number of hydrogen-bond acceptors (Lipinski definition) is 4. The molecule has 0 radical (unpaired) electrons. The number of halogens is 2. The summed E-state index contributed by atoms with van der Waals surface area (Å²) in [4.78, 5) is 36.4. The molecule has 0 spiro atoms. The van der Waals surface area contributed by atoms with E-state index in [1.54, 1.807) is 6.07 Å². The molecule has 0 aliphatic rings. The number of ether oxygens (including phenoxy) is 1. The number of aryl methyl sites for hydroxylation is 1. The second-order valence-electron chi connectivity index (χ2n) is 7.17. The minimum absolute atomic E-state index is 0.120. The van der Waals surface area contributed by atoms with Crippen LogP contribution >= 0.6 is 0 Å². The van der Waals surface area contributed by atoms with Crippen molar-refractivity contribution in [3.05, 3.63) is 88.7 Å². The fraction of sp³-hybridized carbons (Fsp3) is 0.208. The first kappa shape index (κ1) is 22.9. The number of carbonyl (C=O) groups is 3. The van der Waals surface area contributed by atoms with Gasteiger partial charge in [-0.05, 0) is 44.2 Å². The van der Waals surface area contributed by atoms with Gasteiger partial charge in [-0.1, -0.05) is 18.2 Å². The number of para-hydroxylation sites is 1. The third-order valence-corrected chi connectivity index (χ3v) is 4.90. The summed E-state index contributed by atoms with van der Waals surface area (Å²) in [5, 5.41) is 2.36. The maximum Gasteiger partial charge on any atom is 0.308 e. The Morgan fingerprint density at radius 1 is 0.969 bits per heavy atom. The first-order valence-electron chi connectivity index (χ1n) is 9.94. The zero-order valence-electron chi connectivity index (χ0n) is 17.7. The van der Waals surface area contributed by atoms with Crippen molar-refractivity contribution in [2.24, 2.45) is 0 Å². The van der Waals surface area contributed by atoms with Crippen LogP contribution in [-0.2, 0) is 9.53 Å². The number of nitrogens with zero attached hydrogens (tertiary/aromatic N) is 1. The molecule has 0 saturated carbocycles. The number of rotatable bonds is 8. The molecular weight excluding hydrogens is 418 g/mol. The highest BCUT2D eigenvalue weighted by Gasteiger charge is 2.18. The Labute approximate surface area is 183 Å². The summed E-state index contributed by atoms with van der Waals surface area (Å²) in [7, 11) is 0. The topological polar surface area (TPSA) is 77.4 Å². The highest BCUT2D eigenvalue weighted by Crippen LogP contribution is 2.21. The molecule has 166 valence electrons. The Morgan fingerprint density at radius 3 is 2.38 bits per heavy atom. The average molecular weight is 440 g/mol. The fourth-order valence-corrected chi connectivity index (χ4v) is 3.36. The molecule has 3 aromatic rings. The van der Waals surface area contributed by atoms with E-state index in [2.05, 4.69) is 5.32 Å². The maximum absolute atomic E-state index is 13.6. The Hall–Kier alpha value is -3.81. The Balaban J connectivity index is 1.51. The second kappa shape index (κ2) is 10.00. The Morgan fingerprint density at radius 2 is 1.69 bits per heavy atom. The van der Waals surface area contributed by atoms with Crippen LogP contribution in [0.3, 0.4) is 0 Å². The summed E-state index contributed by atoms with van der Waals surface area (Å²) < 4.78 is 33.5. The molecule has 1 aromatic heterocycles. The second-order valence-corrected chi connectivity index (χ2v) is 7.17. The number of amides is 1. The molecule has 0 aliphatic heterocycles. The van der Waals surface area contributed by atoms with Gasteiger partial charge in [-0.2, -0.15) is 0 Å². The fourth-order valence-electron chi connectivity index (χ4n) is 3.36. The number of aromatic nitrogens is 1. The van der Waals surface area contributed by atoms with E-state index in [1.807, 2.05) is 48.7 Å². The number of esters is 1. The van der Waals surface area contributed by atoms with Crippen LogP contribution in [0.2, 0.25) is 0 Å². The standard InChI is InChI=1S/C24H22F2N2O4/c1-15-12-20(16(2)28(15)18-6-4-3-5-7-18)22(29)14-32-23(30)10-11-27-24(31)19-9-8-17(25)13-21(19)26/h3-9,12-13H,10-11,14H2,1-2H3,(H,27,31). The number of Topliss-reactive ketones (excluding diaryl/α,β-unsaturated/α-hetero) is 1. The predicted molar refractivity (Wildman–Crippen MR) is 114 cm³/mol. The quantitative estimate of drug-likeness (QED) is 0.426. The first-order valence-corrected chi connectivity index (χ1v) is 9.94. The number of ketones is 1. The zero-order chi connectivity index (χ0) is 23.3. The molecule has 0 bridgehead atoms. The van der Waals surface area contributed by atoms with Crippen LogP contribution in [-0.4, -0.2) is 35.4 Å². The van der Waals surface area contributed by atoms with Crippen LogP contribution in [0.25, 0.3) is 5.69 Å². The third-order valence-electron chi connectivity index (χ3n) is 4.90. The van der Waals surface area contributed by atoms with Crippen molar-refractivity contribution in [1.82, 2.24) is 9.88 Å². The average Bonchev–Trinajstić information content (AvgIpc) is 3.06. The highest BCUT2D eigenvalue weighted by molar-refractivity contribution is 5.99. The van der Waals surface area contributed by atoms with Crippen LogP contribution in [0.5, 0.6) is 0 Å². The van der Waals surface area contributed by atoms with Crippen molar-refractivity contribution >= 4 is 17.7 Å². The third kappa shape index (κ3) is 5.26. The van der Waals surface area contributed by atoms with Crippen LogP contribution in [0.4, 0.5) is 8.78 Å². The van der Waals surface area contributed by atoms with E-state index in [-0.39, 0.29) is 24.3 Å². The number of hydrogen-bond donors (Lipinski definition) is 1. The monoisotopic (exact) mass is 440 g/mol. The molecule has 0 unspecified atom stereocenters. The molecule has 0 saturated heterocycles. The van der Waals surface area contributed by atoms with Gasteiger partial charge in [0.2, 0.25) is 5.78 Å². The lowest BCUT2D eigenvalue weighted by Crippen LogP contribution is -2.27. The van der Waals surface area contributed by atoms with Crippen LogP contribution in [0.1, 0.15) is 38.5 Å². The van der Waals surface area contributed by atoms with E-state index < -0.39 is 30.1 Å². The largest absolute Gasteiger partial charge is 0.457 e. The van der Waals surface area contributed by atoms with Gasteiger partial charge in [0.1, 0.15) is 11.6 Å². The summed E-state index contributed by atoms with van der Waals surface area (Å²) in [5.74, 6) is -3.60. The molecule has 0 fully saturated rings. The summed E-state index contributed by atoms with van der Waals surface area (Å²) in [6, 6.07) is 13.9. The molecule has 3 rings (SSSR count). The maximum atomic E-state index is 13.6. The highest BCUT2D eigenvalue weighted by atomic mass is 19.1. The molecule has 8 heteroatoms. The van der Waals surface area contributed by atoms with Crippen molar-refractivity contribution in [1.29, 1.82) is 0 Å². The number of nitrogens with one attached hydrogen (secondary N) is 1. The molecule has 32 heavy (non-hydrogen) atoms. The van der Waals surface area contributed by atoms with Gasteiger partial charge in [0.25, 0.3) is 5.91 Å². The van der Waals surface area contributed by atoms with Gasteiger partial charge in [-0.15, -0.1) is 0 Å². The van der Waals surface area contributed by atoms with E-state index >= 15 is 0 Å². The molecule has 2 aromatic carbocycles. The minimum Gasteiger partial charge on any atom is -0.457 e. The van der Waals surface area contributed by atoms with Gasteiger partial charge in [-0.25, -0.2) is 8.78 Å². The van der Waals surface area contributed by atoms with Crippen LogP contribution in [0, 0.1) is 25.5 Å². The van der Waals surface area contributed by atoms with E-state index in [0.29, 0.717) is 11.6 Å². The minimum atomic E-state index is -0.997. The van der Waals surface area contributed by atoms with Gasteiger partial charge in [-0.3, -0.25) is 14.4 Å². The van der Waals surface area contributed by atoms with Crippen molar-refractivity contribution in [3.8, 4) is 5.69 Å². The predicted octanol–water partition coefficient (Wildman–Crippen LogP) is 3.92. The van der Waals surface area contributed by atoms with Gasteiger partial charge in [0.05, 0.1) is 12.0 Å². The van der Waals surface area contributed by atoms with Crippen LogP contribution in [0.15, 0.2) is 54.6 Å². The molecule has 0 aliphatic carbocycles. The van der Waals surface area contributed by atoms with Gasteiger partial charge >= 0.3 is 5.97 Å². The smallest absolute Gasteiger partial charge is 0.308 e. The normalized spacial score (nSPS) is 10.6. The van der Waals surface area contributed by atoms with Crippen molar-refractivity contribution in [2.45, 2.75) is 20.3 Å². The molecular formula is C24H22F2N2O4. The Kier molecular flexibility index (Phi) is 7.14. The first-order chi connectivity index (χ1) is 15.3. The summed E-state index contributed by atoms with van der Waals surface area (Å²) >= 11 is 0. The van der Waals surface area contributed by atoms with Gasteiger partial charge < -0.3 is 14.6 Å². The van der Waals surface area contributed by atoms with Crippen LogP contribution < -0.4 is 5.32 Å². The van der Waals surface area contributed by atoms with E-state index in [0.717, 1.165) is 29.2 Å². The summed E-state index contributed by atoms with van der Waals surface area (Å²) in [6.07, 6.45) is -0.204. The molecule has 1 N–H and O–H groups in total. The summed E-state index contributed by atoms with van der Waals surface area (Å²) in [5.41, 5.74) is 2.66. The lowest BCUT2D eigenvalue weighted by molar-refractivity contribution is -0.142. The SMILES string of the molecule is Cc1cc(C(=O)COC(=O)CCNC(=O)c2ccc(F)cc2F)c(C)n1-c1ccccc1. The lowest BCUT2D eigenvalue weighted by atomic mass is 10.1. The number of benzene rings is 2. The summed E-state index contributed by atoms with van der Waals surface area (Å²) in [6.45, 7) is 3.15. The van der Waals surface area contributed by atoms with Gasteiger partial charge in [0, 0.05) is 35.2 Å². The van der Waals surface area contributed by atoms with E-state index in [4.69, 9.17) is 4.74 Å². The van der Waals surface area contributed by atoms with Crippen molar-refractivity contribution in [2.75, 3.05) is 13.2 Å². The Bertz CT molecular complexity index is 1160. The molecule has 1 heterocycles. The molecule has 6 nitrogen and oxygen atoms in total. The zero-order valence-corrected chi connectivity index (χ0v) is 17.7. The van der Waals surface area contributed by atoms with Gasteiger partial charge in [0.15, 0.2) is 6.61 Å². The molecule has 1 amide bonds. The lowest BCUT2D eigenvalue weighted by Gasteiger charge is -2.10. The number of carbonyl (C=O) groups excluding carboxylic acids is 3. The van der Waals surface area contributed by atoms with Crippen molar-refractivity contribution < 1.29 is 27.9 Å². The molecule has 0 atom stereocenters. The van der Waals surface area contributed by atoms with Crippen molar-refractivity contribution in [3.63, 3.8) is 0 Å². The van der Waals surface area contributed by atoms with E-state index in [9.17, 15) is 23.2 Å².